The number of pyridine rings is 1. The molecule has 0 saturated heterocycles. The van der Waals surface area contributed by atoms with Crippen molar-refractivity contribution in [3.63, 3.8) is 0 Å². The Bertz CT molecular complexity index is 811. The van der Waals surface area contributed by atoms with Gasteiger partial charge in [-0.15, -0.1) is 11.8 Å². The highest BCUT2D eigenvalue weighted by Gasteiger charge is 2.18. The molecule has 0 fully saturated rings. The number of aryl methyl sites for hydroxylation is 2. The first kappa shape index (κ1) is 16.5. The molecule has 24 heavy (non-hydrogen) atoms. The summed E-state index contributed by atoms with van der Waals surface area (Å²) >= 11 is 1.50. The highest BCUT2D eigenvalue weighted by atomic mass is 32.2. The number of nitrogens with zero attached hydrogens (tertiary/aromatic N) is 2. The lowest BCUT2D eigenvalue weighted by Crippen LogP contribution is -2.07. The standard InChI is InChI=1S/C19H18N2O2S/c1-2-23-19(22)16-8-4-3-6-14(16)12-24-18-15(11-20)10-13-7-5-9-17(13)21-18/h3-4,6,8,10H,2,5,7,9,12H2,1H3. The van der Waals surface area contributed by atoms with Crippen LogP contribution in [0, 0.1) is 11.3 Å². The van der Waals surface area contributed by atoms with E-state index in [0.29, 0.717) is 23.5 Å². The minimum absolute atomic E-state index is 0.309. The van der Waals surface area contributed by atoms with Gasteiger partial charge in [-0.3, -0.25) is 0 Å². The van der Waals surface area contributed by atoms with Crippen LogP contribution in [0.5, 0.6) is 0 Å². The fourth-order valence-electron chi connectivity index (χ4n) is 2.84. The van der Waals surface area contributed by atoms with E-state index in [-0.39, 0.29) is 5.97 Å². The van der Waals surface area contributed by atoms with Crippen molar-refractivity contribution in [2.75, 3.05) is 6.61 Å². The normalized spacial score (nSPS) is 12.5. The molecule has 2 aromatic rings. The summed E-state index contributed by atoms with van der Waals surface area (Å²) in [6, 6.07) is 11.6. The average Bonchev–Trinajstić information content (AvgIpc) is 3.06. The molecule has 5 heteroatoms. The van der Waals surface area contributed by atoms with Crippen molar-refractivity contribution in [1.82, 2.24) is 4.98 Å². The van der Waals surface area contributed by atoms with Crippen molar-refractivity contribution in [2.24, 2.45) is 0 Å². The molecule has 0 bridgehead atoms. The van der Waals surface area contributed by atoms with E-state index >= 15 is 0 Å². The van der Waals surface area contributed by atoms with Crippen molar-refractivity contribution in [3.05, 3.63) is 58.3 Å². The molecule has 0 saturated carbocycles. The quantitative estimate of drug-likeness (QED) is 0.611. The van der Waals surface area contributed by atoms with Gasteiger partial charge in [-0.25, -0.2) is 9.78 Å². The number of carbonyl (C=O) groups excluding carboxylic acids is 1. The van der Waals surface area contributed by atoms with Gasteiger partial charge in [0.05, 0.1) is 17.7 Å². The van der Waals surface area contributed by atoms with Crippen molar-refractivity contribution >= 4 is 17.7 Å². The molecule has 4 nitrogen and oxygen atoms in total. The fraction of sp³-hybridized carbons (Fsp3) is 0.316. The number of thioether (sulfide) groups is 1. The lowest BCUT2D eigenvalue weighted by atomic mass is 10.1. The van der Waals surface area contributed by atoms with E-state index in [1.165, 1.54) is 17.3 Å². The average molecular weight is 338 g/mol. The van der Waals surface area contributed by atoms with E-state index < -0.39 is 0 Å². The Morgan fingerprint density at radius 2 is 2.21 bits per heavy atom. The van der Waals surface area contributed by atoms with Crippen LogP contribution in [0.3, 0.4) is 0 Å². The zero-order valence-corrected chi connectivity index (χ0v) is 14.4. The van der Waals surface area contributed by atoms with E-state index in [4.69, 9.17) is 4.74 Å². The van der Waals surface area contributed by atoms with Gasteiger partial charge in [0.15, 0.2) is 0 Å². The first-order valence-corrected chi connectivity index (χ1v) is 9.02. The van der Waals surface area contributed by atoms with Crippen LogP contribution in [-0.4, -0.2) is 17.6 Å². The van der Waals surface area contributed by atoms with E-state index in [0.717, 1.165) is 35.5 Å². The number of carbonyl (C=O) groups is 1. The van der Waals surface area contributed by atoms with Crippen LogP contribution >= 0.6 is 11.8 Å². The maximum Gasteiger partial charge on any atom is 0.338 e. The molecule has 1 aromatic carbocycles. The Morgan fingerprint density at radius 1 is 1.38 bits per heavy atom. The number of esters is 1. The van der Waals surface area contributed by atoms with Gasteiger partial charge in [0.2, 0.25) is 0 Å². The Kier molecular flexibility index (Phi) is 5.17. The first-order chi connectivity index (χ1) is 11.7. The number of rotatable bonds is 5. The number of ether oxygens (including phenoxy) is 1. The number of fused-ring (bicyclic) bond motifs is 1. The summed E-state index contributed by atoms with van der Waals surface area (Å²) in [5.74, 6) is 0.270. The summed E-state index contributed by atoms with van der Waals surface area (Å²) in [6.45, 7) is 2.15. The van der Waals surface area contributed by atoms with Crippen LogP contribution in [0.15, 0.2) is 35.4 Å². The largest absolute Gasteiger partial charge is 0.462 e. The topological polar surface area (TPSA) is 63.0 Å². The molecule has 0 unspecified atom stereocenters. The maximum absolute atomic E-state index is 12.1. The second-order valence-corrected chi connectivity index (χ2v) is 6.54. The molecule has 1 heterocycles. The zero-order valence-electron chi connectivity index (χ0n) is 13.5. The van der Waals surface area contributed by atoms with E-state index in [9.17, 15) is 10.1 Å². The van der Waals surface area contributed by atoms with E-state index in [1.54, 1.807) is 13.0 Å². The van der Waals surface area contributed by atoms with Crippen LogP contribution in [-0.2, 0) is 23.3 Å². The van der Waals surface area contributed by atoms with Crippen LogP contribution in [0.2, 0.25) is 0 Å². The Labute approximate surface area is 145 Å². The third kappa shape index (κ3) is 3.44. The van der Waals surface area contributed by atoms with Crippen molar-refractivity contribution in [3.8, 4) is 6.07 Å². The molecule has 122 valence electrons. The molecule has 1 aliphatic rings. The van der Waals surface area contributed by atoms with Gasteiger partial charge >= 0.3 is 5.97 Å². The minimum atomic E-state index is -0.309. The summed E-state index contributed by atoms with van der Waals surface area (Å²) in [5, 5.41) is 10.1. The maximum atomic E-state index is 12.1. The number of benzene rings is 1. The van der Waals surface area contributed by atoms with Crippen LogP contribution in [0.4, 0.5) is 0 Å². The summed E-state index contributed by atoms with van der Waals surface area (Å²) in [4.78, 5) is 16.7. The predicted molar refractivity (Wildman–Crippen MR) is 92.9 cm³/mol. The van der Waals surface area contributed by atoms with Crippen molar-refractivity contribution in [1.29, 1.82) is 5.26 Å². The molecule has 0 radical (unpaired) electrons. The summed E-state index contributed by atoms with van der Waals surface area (Å²) in [7, 11) is 0. The molecule has 1 aromatic heterocycles. The molecule has 0 N–H and O–H groups in total. The molecule has 0 aliphatic heterocycles. The minimum Gasteiger partial charge on any atom is -0.462 e. The Balaban J connectivity index is 1.82. The van der Waals surface area contributed by atoms with Gasteiger partial charge in [0.1, 0.15) is 11.1 Å². The first-order valence-electron chi connectivity index (χ1n) is 8.03. The van der Waals surface area contributed by atoms with Crippen molar-refractivity contribution in [2.45, 2.75) is 37.0 Å². The lowest BCUT2D eigenvalue weighted by molar-refractivity contribution is 0.0525. The van der Waals surface area contributed by atoms with Gasteiger partial charge in [-0.05, 0) is 49.4 Å². The Morgan fingerprint density at radius 3 is 3.00 bits per heavy atom. The van der Waals surface area contributed by atoms with Crippen molar-refractivity contribution < 1.29 is 9.53 Å². The van der Waals surface area contributed by atoms with Gasteiger partial charge in [-0.2, -0.15) is 5.26 Å². The van der Waals surface area contributed by atoms with Gasteiger partial charge in [-0.1, -0.05) is 18.2 Å². The fourth-order valence-corrected chi connectivity index (χ4v) is 3.82. The van der Waals surface area contributed by atoms with E-state index in [1.807, 2.05) is 24.3 Å². The molecule has 0 atom stereocenters. The number of hydrogen-bond donors (Lipinski definition) is 0. The van der Waals surface area contributed by atoms with E-state index in [2.05, 4.69) is 11.1 Å². The predicted octanol–water partition coefficient (Wildman–Crippen LogP) is 3.91. The molecular weight excluding hydrogens is 320 g/mol. The summed E-state index contributed by atoms with van der Waals surface area (Å²) in [6.07, 6.45) is 3.09. The highest BCUT2D eigenvalue weighted by Crippen LogP contribution is 2.30. The molecule has 0 spiro atoms. The lowest BCUT2D eigenvalue weighted by Gasteiger charge is -2.10. The number of aromatic nitrogens is 1. The van der Waals surface area contributed by atoms with Gasteiger partial charge in [0, 0.05) is 11.4 Å². The molecule has 0 amide bonds. The molecule has 1 aliphatic carbocycles. The van der Waals surface area contributed by atoms with Gasteiger partial charge in [0.25, 0.3) is 0 Å². The smallest absolute Gasteiger partial charge is 0.338 e. The molecular formula is C19H18N2O2S. The zero-order chi connectivity index (χ0) is 16.9. The second kappa shape index (κ2) is 7.50. The third-order valence-electron chi connectivity index (χ3n) is 4.01. The SMILES string of the molecule is CCOC(=O)c1ccccc1CSc1nc2c(cc1C#N)CCC2. The van der Waals surface area contributed by atoms with Crippen LogP contribution < -0.4 is 0 Å². The second-order valence-electron chi connectivity index (χ2n) is 5.58. The number of hydrogen-bond acceptors (Lipinski definition) is 5. The Hall–Kier alpha value is -2.32. The van der Waals surface area contributed by atoms with Crippen LogP contribution in [0.25, 0.3) is 0 Å². The molecule has 3 rings (SSSR count). The monoisotopic (exact) mass is 338 g/mol. The van der Waals surface area contributed by atoms with Gasteiger partial charge < -0.3 is 4.74 Å². The summed E-state index contributed by atoms with van der Waals surface area (Å²) in [5.41, 5.74) is 4.39. The summed E-state index contributed by atoms with van der Waals surface area (Å²) < 4.78 is 5.11. The number of nitriles is 1. The van der Waals surface area contributed by atoms with Crippen LogP contribution in [0.1, 0.15) is 46.1 Å². The third-order valence-corrected chi connectivity index (χ3v) is 5.05. The highest BCUT2D eigenvalue weighted by molar-refractivity contribution is 7.98.